The number of benzene rings is 2. The number of nitrogens with two attached hydrogens (primary N) is 1. The monoisotopic (exact) mass is 884 g/mol. The Bertz CT molecular complexity index is 2530. The molecule has 3 aromatic heterocycles. The van der Waals surface area contributed by atoms with Crippen molar-refractivity contribution in [3.05, 3.63) is 113 Å². The number of halogens is 1. The highest BCUT2D eigenvalue weighted by molar-refractivity contribution is 6.33. The number of aryl methyl sites for hydroxylation is 1. The van der Waals surface area contributed by atoms with Gasteiger partial charge in [-0.3, -0.25) is 14.6 Å². The first-order valence-electron chi connectivity index (χ1n) is 22.3. The van der Waals surface area contributed by atoms with Crippen LogP contribution >= 0.6 is 11.6 Å². The molecule has 0 spiro atoms. The zero-order valence-electron chi connectivity index (χ0n) is 36.9. The molecule has 0 atom stereocenters. The fraction of sp³-hybridized carbons (Fsp3) is 0.412. The standard InChI is InChI=1S/C26H29N3O3.C13H15ClN2O3.C12H13N/c1-29-21-16-18(24(30)28-26(13-7-14-26)25(31)32-2)11-12-19(21)22(17-8-3-4-9-17)23(29)20-10-5-6-15-27-20;1-19-12(18)13(5-2-6-13)16-11(17)8-3-4-9(14)10(15)7-8;1-2-6-11(5-1)8-9-12-7-3-4-10-13-12/h5-6,10-12,15-17H,3-4,7-9,13-14H2,1-2H3,(H,28,30);3-4,7H,2,5-6,15H2,1H3,(H,16,17);3-4,7,10-11H,1-2,5-6H2. The number of nitrogens with zero attached hydrogens (tertiary/aromatic N) is 3. The van der Waals surface area contributed by atoms with Crippen molar-refractivity contribution < 1.29 is 28.7 Å². The molecule has 4 N–H and O–H groups in total. The van der Waals surface area contributed by atoms with E-state index in [1.165, 1.54) is 82.6 Å². The highest BCUT2D eigenvalue weighted by Crippen LogP contribution is 2.44. The van der Waals surface area contributed by atoms with Crippen LogP contribution in [0, 0.1) is 17.8 Å². The number of carbonyl (C=O) groups excluding carboxylic acids is 4. The third kappa shape index (κ3) is 10.1. The van der Waals surface area contributed by atoms with E-state index in [0.29, 0.717) is 59.4 Å². The predicted molar refractivity (Wildman–Crippen MR) is 248 cm³/mol. The summed E-state index contributed by atoms with van der Waals surface area (Å²) in [5.41, 5.74) is 10.5. The molecule has 4 fully saturated rings. The van der Waals surface area contributed by atoms with Crippen LogP contribution in [-0.2, 0) is 26.1 Å². The molecule has 3 heterocycles. The number of fused-ring (bicyclic) bond motifs is 1. The summed E-state index contributed by atoms with van der Waals surface area (Å²) in [6.45, 7) is 0. The predicted octanol–water partition coefficient (Wildman–Crippen LogP) is 9.09. The zero-order chi connectivity index (χ0) is 45.3. The number of amides is 2. The lowest BCUT2D eigenvalue weighted by Gasteiger charge is -2.39. The van der Waals surface area contributed by atoms with Crippen LogP contribution in [0.1, 0.15) is 128 Å². The quantitative estimate of drug-likeness (QED) is 0.0783. The van der Waals surface area contributed by atoms with E-state index in [9.17, 15) is 19.2 Å². The smallest absolute Gasteiger partial charge is 0.331 e. The molecule has 2 aromatic carbocycles. The highest BCUT2D eigenvalue weighted by atomic mass is 35.5. The van der Waals surface area contributed by atoms with E-state index < -0.39 is 17.0 Å². The van der Waals surface area contributed by atoms with Gasteiger partial charge in [0.1, 0.15) is 16.8 Å². The molecule has 13 heteroatoms. The van der Waals surface area contributed by atoms with Gasteiger partial charge >= 0.3 is 11.9 Å². The molecule has 12 nitrogen and oxygen atoms in total. The second kappa shape index (κ2) is 20.5. The third-order valence-corrected chi connectivity index (χ3v) is 13.5. The van der Waals surface area contributed by atoms with Gasteiger partial charge in [0.25, 0.3) is 11.8 Å². The summed E-state index contributed by atoms with van der Waals surface area (Å²) >= 11 is 5.80. The summed E-state index contributed by atoms with van der Waals surface area (Å²) in [6.07, 6.45) is 18.0. The van der Waals surface area contributed by atoms with Crippen LogP contribution in [0.25, 0.3) is 22.3 Å². The molecular weight excluding hydrogens is 828 g/mol. The molecule has 0 radical (unpaired) electrons. The third-order valence-electron chi connectivity index (χ3n) is 13.1. The molecule has 2 amide bonds. The minimum absolute atomic E-state index is 0.236. The highest BCUT2D eigenvalue weighted by Gasteiger charge is 2.47. The van der Waals surface area contributed by atoms with Crippen LogP contribution in [0.2, 0.25) is 5.02 Å². The van der Waals surface area contributed by atoms with Gasteiger partial charge in [0.2, 0.25) is 0 Å². The van der Waals surface area contributed by atoms with Crippen LogP contribution < -0.4 is 16.4 Å². The Morgan fingerprint density at radius 2 is 1.30 bits per heavy atom. The number of ether oxygens (including phenoxy) is 2. The lowest BCUT2D eigenvalue weighted by Crippen LogP contribution is -2.59. The fourth-order valence-electron chi connectivity index (χ4n) is 9.21. The number of rotatable bonds is 8. The average Bonchev–Trinajstić information content (AvgIpc) is 4.09. The van der Waals surface area contributed by atoms with Gasteiger partial charge in [-0.15, -0.1) is 0 Å². The van der Waals surface area contributed by atoms with Crippen LogP contribution in [0.3, 0.4) is 0 Å². The molecule has 64 heavy (non-hydrogen) atoms. The number of nitrogens with one attached hydrogen (secondary N) is 2. The van der Waals surface area contributed by atoms with Gasteiger partial charge in [-0.1, -0.05) is 61.4 Å². The number of carbonyl (C=O) groups is 4. The molecule has 0 aliphatic heterocycles. The maximum Gasteiger partial charge on any atom is 0.331 e. The van der Waals surface area contributed by atoms with E-state index >= 15 is 0 Å². The number of aromatic nitrogens is 3. The number of anilines is 1. The Hall–Kier alpha value is -6.19. The molecule has 0 bridgehead atoms. The fourth-order valence-corrected chi connectivity index (χ4v) is 9.32. The van der Waals surface area contributed by atoms with E-state index in [0.717, 1.165) is 35.4 Å². The molecule has 4 aliphatic rings. The average molecular weight is 886 g/mol. The molecule has 4 saturated carbocycles. The van der Waals surface area contributed by atoms with Crippen molar-refractivity contribution in [1.29, 1.82) is 0 Å². The maximum atomic E-state index is 13.1. The minimum atomic E-state index is -0.889. The largest absolute Gasteiger partial charge is 0.467 e. The Morgan fingerprint density at radius 1 is 0.734 bits per heavy atom. The molecule has 0 saturated heterocycles. The lowest BCUT2D eigenvalue weighted by molar-refractivity contribution is -0.152. The second-order valence-corrected chi connectivity index (χ2v) is 17.6. The number of hydrogen-bond donors (Lipinski definition) is 3. The summed E-state index contributed by atoms with van der Waals surface area (Å²) in [7, 11) is 4.73. The lowest BCUT2D eigenvalue weighted by atomic mass is 9.76. The van der Waals surface area contributed by atoms with Crippen molar-refractivity contribution in [1.82, 2.24) is 25.2 Å². The van der Waals surface area contributed by atoms with Crippen molar-refractivity contribution in [3.8, 4) is 23.2 Å². The van der Waals surface area contributed by atoms with Crippen LogP contribution in [0.4, 0.5) is 5.69 Å². The topological polar surface area (TPSA) is 168 Å². The Kier molecular flexibility index (Phi) is 14.7. The van der Waals surface area contributed by atoms with Gasteiger partial charge in [0.15, 0.2) is 0 Å². The Morgan fingerprint density at radius 3 is 1.81 bits per heavy atom. The number of nitrogen functional groups attached to an aromatic ring is 1. The minimum Gasteiger partial charge on any atom is -0.467 e. The number of pyridine rings is 2. The molecule has 9 rings (SSSR count). The maximum absolute atomic E-state index is 13.1. The first kappa shape index (κ1) is 45.8. The number of methoxy groups -OCH3 is 2. The normalized spacial score (nSPS) is 17.1. The number of esters is 2. The molecule has 5 aromatic rings. The Balaban J connectivity index is 0.000000161. The molecule has 0 unspecified atom stereocenters. The van der Waals surface area contributed by atoms with Crippen molar-refractivity contribution >= 4 is 51.9 Å². The van der Waals surface area contributed by atoms with Crippen molar-refractivity contribution in [3.63, 3.8) is 0 Å². The van der Waals surface area contributed by atoms with Gasteiger partial charge in [0, 0.05) is 47.4 Å². The SMILES string of the molecule is C(#CC1CCCC1)c1ccccn1.COC(=O)C1(NC(=O)c2ccc(Cl)c(N)c2)CCC1.COC(=O)C1(NC(=O)c2ccc3c(C4CCCC4)c(-c4ccccn4)n(C)c3c2)CCC1. The van der Waals surface area contributed by atoms with Gasteiger partial charge in [-0.05, 0) is 136 Å². The van der Waals surface area contributed by atoms with Gasteiger partial charge in [-0.2, -0.15) is 0 Å². The zero-order valence-corrected chi connectivity index (χ0v) is 37.6. The van der Waals surface area contributed by atoms with Gasteiger partial charge < -0.3 is 30.4 Å². The summed E-state index contributed by atoms with van der Waals surface area (Å²) in [5, 5.41) is 7.26. The summed E-state index contributed by atoms with van der Waals surface area (Å²) in [5.74, 6) is 6.18. The van der Waals surface area contributed by atoms with Crippen molar-refractivity contribution in [2.24, 2.45) is 13.0 Å². The second-order valence-electron chi connectivity index (χ2n) is 17.2. The van der Waals surface area contributed by atoms with E-state index in [4.69, 9.17) is 26.8 Å². The van der Waals surface area contributed by atoms with E-state index in [-0.39, 0.29) is 17.8 Å². The number of hydrogen-bond acceptors (Lipinski definition) is 9. The van der Waals surface area contributed by atoms with Crippen molar-refractivity contribution in [2.75, 3.05) is 20.0 Å². The van der Waals surface area contributed by atoms with Crippen LogP contribution in [-0.4, -0.2) is 63.6 Å². The molecule has 334 valence electrons. The van der Waals surface area contributed by atoms with E-state index in [2.05, 4.69) is 49.1 Å². The first-order chi connectivity index (χ1) is 31.0. The van der Waals surface area contributed by atoms with Crippen molar-refractivity contribution in [2.45, 2.75) is 107 Å². The summed E-state index contributed by atoms with van der Waals surface area (Å²) in [6, 6.07) is 22.3. The molecule has 4 aliphatic carbocycles. The Labute approximate surface area is 380 Å². The van der Waals surface area contributed by atoms with E-state index in [1.807, 2.05) is 55.7 Å². The van der Waals surface area contributed by atoms with Gasteiger partial charge in [0.05, 0.1) is 36.3 Å². The van der Waals surface area contributed by atoms with E-state index in [1.54, 1.807) is 18.3 Å². The van der Waals surface area contributed by atoms with Crippen LogP contribution in [0.15, 0.2) is 85.2 Å². The summed E-state index contributed by atoms with van der Waals surface area (Å²) in [4.78, 5) is 58.0. The summed E-state index contributed by atoms with van der Waals surface area (Å²) < 4.78 is 11.8. The molecular formula is C51H57ClN6O6. The van der Waals surface area contributed by atoms with Gasteiger partial charge in [-0.25, -0.2) is 14.6 Å². The first-order valence-corrected chi connectivity index (χ1v) is 22.7. The van der Waals surface area contributed by atoms with Crippen LogP contribution in [0.5, 0.6) is 0 Å².